The fraction of sp³-hybridized carbons (Fsp3) is 0.571. The number of piperidine rings is 1. The number of anilines is 1. The van der Waals surface area contributed by atoms with Gasteiger partial charge in [-0.3, -0.25) is 4.79 Å². The summed E-state index contributed by atoms with van der Waals surface area (Å²) in [5.41, 5.74) is 6.68. The standard InChI is InChI=1S/C21H28ClN3O2/c1-4-6-16(5-2)27-20-12-19(23)18(22)11-17(20)21(26)24-13-9-14-7-8-15(10-13)25(14)3/h2,11-16H,4,6-10,23H2,1,3H3,(H,24,26). The summed E-state index contributed by atoms with van der Waals surface area (Å²) in [5, 5.41) is 3.51. The molecule has 0 saturated carbocycles. The van der Waals surface area contributed by atoms with Crippen molar-refractivity contribution in [2.45, 2.75) is 69.7 Å². The molecular formula is C21H28ClN3O2. The van der Waals surface area contributed by atoms with E-state index in [9.17, 15) is 4.79 Å². The van der Waals surface area contributed by atoms with Crippen LogP contribution < -0.4 is 15.8 Å². The van der Waals surface area contributed by atoms with Crippen molar-refractivity contribution in [2.24, 2.45) is 0 Å². The van der Waals surface area contributed by atoms with Crippen LogP contribution in [0.2, 0.25) is 5.02 Å². The summed E-state index contributed by atoms with van der Waals surface area (Å²) < 4.78 is 5.91. The molecule has 3 rings (SSSR count). The van der Waals surface area contributed by atoms with Crippen LogP contribution >= 0.6 is 11.6 Å². The minimum Gasteiger partial charge on any atom is -0.477 e. The Bertz CT molecular complexity index is 732. The second-order valence-electron chi connectivity index (χ2n) is 7.62. The third-order valence-electron chi connectivity index (χ3n) is 5.78. The summed E-state index contributed by atoms with van der Waals surface area (Å²) in [6.45, 7) is 2.03. The minimum absolute atomic E-state index is 0.162. The summed E-state index contributed by atoms with van der Waals surface area (Å²) in [6.07, 6.45) is 11.1. The van der Waals surface area contributed by atoms with Gasteiger partial charge in [-0.15, -0.1) is 6.42 Å². The van der Waals surface area contributed by atoms with Gasteiger partial charge in [0.1, 0.15) is 5.75 Å². The molecule has 1 aromatic rings. The van der Waals surface area contributed by atoms with E-state index < -0.39 is 6.10 Å². The predicted octanol–water partition coefficient (Wildman–Crippen LogP) is 3.46. The van der Waals surface area contributed by atoms with Gasteiger partial charge in [0.2, 0.25) is 0 Å². The molecule has 3 atom stereocenters. The van der Waals surface area contributed by atoms with Crippen molar-refractivity contribution in [3.63, 3.8) is 0 Å². The van der Waals surface area contributed by atoms with E-state index in [4.69, 9.17) is 28.5 Å². The van der Waals surface area contributed by atoms with Crippen molar-refractivity contribution < 1.29 is 9.53 Å². The highest BCUT2D eigenvalue weighted by Gasteiger charge is 2.39. The first-order chi connectivity index (χ1) is 12.9. The van der Waals surface area contributed by atoms with E-state index in [-0.39, 0.29) is 11.9 Å². The molecule has 2 fully saturated rings. The van der Waals surface area contributed by atoms with E-state index in [0.717, 1.165) is 19.3 Å². The summed E-state index contributed by atoms with van der Waals surface area (Å²) in [7, 11) is 2.18. The van der Waals surface area contributed by atoms with Gasteiger partial charge in [-0.1, -0.05) is 30.9 Å². The molecule has 6 heteroatoms. The zero-order chi connectivity index (χ0) is 19.6. The molecule has 2 heterocycles. The van der Waals surface area contributed by atoms with E-state index in [1.54, 1.807) is 12.1 Å². The lowest BCUT2D eigenvalue weighted by atomic mass is 9.97. The van der Waals surface area contributed by atoms with Gasteiger partial charge in [-0.05, 0) is 45.2 Å². The van der Waals surface area contributed by atoms with Crippen LogP contribution in [-0.2, 0) is 0 Å². The summed E-state index contributed by atoms with van der Waals surface area (Å²) >= 11 is 6.17. The van der Waals surface area contributed by atoms with E-state index in [0.29, 0.717) is 40.5 Å². The average Bonchev–Trinajstić information content (AvgIpc) is 2.84. The molecular weight excluding hydrogens is 362 g/mol. The molecule has 1 aromatic carbocycles. The molecule has 27 heavy (non-hydrogen) atoms. The van der Waals surface area contributed by atoms with Crippen LogP contribution in [0.3, 0.4) is 0 Å². The first-order valence-electron chi connectivity index (χ1n) is 9.67. The van der Waals surface area contributed by atoms with E-state index in [2.05, 4.69) is 23.2 Å². The maximum atomic E-state index is 13.0. The smallest absolute Gasteiger partial charge is 0.255 e. The second-order valence-corrected chi connectivity index (χ2v) is 8.03. The Balaban J connectivity index is 1.77. The number of benzene rings is 1. The summed E-state index contributed by atoms with van der Waals surface area (Å²) in [5.74, 6) is 2.83. The molecule has 2 saturated heterocycles. The highest BCUT2D eigenvalue weighted by Crippen LogP contribution is 2.35. The van der Waals surface area contributed by atoms with Crippen molar-refractivity contribution in [1.82, 2.24) is 10.2 Å². The maximum absolute atomic E-state index is 13.0. The topological polar surface area (TPSA) is 67.6 Å². The zero-order valence-electron chi connectivity index (χ0n) is 16.0. The number of ether oxygens (including phenoxy) is 1. The number of carbonyl (C=O) groups is 1. The number of nitrogens with zero attached hydrogens (tertiary/aromatic N) is 1. The van der Waals surface area contributed by atoms with Gasteiger partial charge in [0, 0.05) is 24.2 Å². The van der Waals surface area contributed by atoms with Gasteiger partial charge in [0.15, 0.2) is 6.10 Å². The van der Waals surface area contributed by atoms with E-state index in [1.165, 1.54) is 12.8 Å². The second kappa shape index (κ2) is 8.41. The minimum atomic E-state index is -0.402. The Morgan fingerprint density at radius 3 is 2.70 bits per heavy atom. The number of fused-ring (bicyclic) bond motifs is 2. The molecule has 3 N–H and O–H groups in total. The lowest BCUT2D eigenvalue weighted by molar-refractivity contribution is 0.0877. The number of nitrogens with one attached hydrogen (secondary N) is 1. The van der Waals surface area contributed by atoms with E-state index >= 15 is 0 Å². The van der Waals surface area contributed by atoms with E-state index in [1.807, 2.05) is 6.92 Å². The monoisotopic (exact) mass is 389 g/mol. The van der Waals surface area contributed by atoms with Gasteiger partial charge in [-0.2, -0.15) is 0 Å². The molecule has 2 aliphatic rings. The van der Waals surface area contributed by atoms with Gasteiger partial charge in [0.05, 0.1) is 16.3 Å². The van der Waals surface area contributed by atoms with Crippen molar-refractivity contribution in [3.05, 3.63) is 22.7 Å². The fourth-order valence-electron chi connectivity index (χ4n) is 4.23. The van der Waals surface area contributed by atoms with Crippen molar-refractivity contribution in [2.75, 3.05) is 12.8 Å². The van der Waals surface area contributed by atoms with Crippen LogP contribution in [0.15, 0.2) is 12.1 Å². The summed E-state index contributed by atoms with van der Waals surface area (Å²) in [6, 6.07) is 4.43. The first-order valence-corrected chi connectivity index (χ1v) is 10.0. The first kappa shape index (κ1) is 19.9. The van der Waals surface area contributed by atoms with Crippen LogP contribution in [0.1, 0.15) is 55.8 Å². The molecule has 5 nitrogen and oxygen atoms in total. The number of carbonyl (C=O) groups excluding carboxylic acids is 1. The lowest BCUT2D eigenvalue weighted by Crippen LogP contribution is -2.48. The molecule has 1 amide bonds. The van der Waals surface area contributed by atoms with Crippen LogP contribution in [0, 0.1) is 12.3 Å². The Morgan fingerprint density at radius 2 is 2.11 bits per heavy atom. The lowest BCUT2D eigenvalue weighted by Gasteiger charge is -2.36. The Labute approximate surface area is 166 Å². The van der Waals surface area contributed by atoms with Crippen LogP contribution in [0.4, 0.5) is 5.69 Å². The highest BCUT2D eigenvalue weighted by molar-refractivity contribution is 6.33. The average molecular weight is 390 g/mol. The van der Waals surface area contributed by atoms with Crippen molar-refractivity contribution >= 4 is 23.2 Å². The SMILES string of the molecule is C#CC(CCC)Oc1cc(N)c(Cl)cc1C(=O)NC1CC2CCC(C1)N2C. The Morgan fingerprint density at radius 1 is 1.44 bits per heavy atom. The third-order valence-corrected chi connectivity index (χ3v) is 6.11. The van der Waals surface area contributed by atoms with Crippen LogP contribution in [0.5, 0.6) is 5.75 Å². The number of nitrogen functional groups attached to an aromatic ring is 1. The number of rotatable bonds is 6. The maximum Gasteiger partial charge on any atom is 0.255 e. The zero-order valence-corrected chi connectivity index (χ0v) is 16.8. The highest BCUT2D eigenvalue weighted by atomic mass is 35.5. The Kier molecular flexibility index (Phi) is 6.18. The van der Waals surface area contributed by atoms with Gasteiger partial charge < -0.3 is 20.7 Å². The number of hydrogen-bond acceptors (Lipinski definition) is 4. The molecule has 2 bridgehead atoms. The number of halogens is 1. The number of amides is 1. The van der Waals surface area contributed by atoms with Gasteiger partial charge in [-0.25, -0.2) is 0 Å². The summed E-state index contributed by atoms with van der Waals surface area (Å²) in [4.78, 5) is 15.4. The Hall–Kier alpha value is -1.90. The molecule has 2 aliphatic heterocycles. The molecule has 146 valence electrons. The molecule has 0 spiro atoms. The van der Waals surface area contributed by atoms with Gasteiger partial charge >= 0.3 is 0 Å². The molecule has 3 unspecified atom stereocenters. The fourth-order valence-corrected chi connectivity index (χ4v) is 4.39. The largest absolute Gasteiger partial charge is 0.477 e. The van der Waals surface area contributed by atoms with Crippen molar-refractivity contribution in [3.8, 4) is 18.1 Å². The quantitative estimate of drug-likeness (QED) is 0.577. The normalized spacial score (nSPS) is 25.6. The number of nitrogens with two attached hydrogens (primary N) is 1. The number of terminal acetylenes is 1. The molecule has 0 aromatic heterocycles. The predicted molar refractivity (Wildman–Crippen MR) is 109 cm³/mol. The number of hydrogen-bond donors (Lipinski definition) is 2. The van der Waals surface area contributed by atoms with Crippen LogP contribution in [-0.4, -0.2) is 42.1 Å². The third kappa shape index (κ3) is 4.34. The van der Waals surface area contributed by atoms with Crippen molar-refractivity contribution in [1.29, 1.82) is 0 Å². The van der Waals surface area contributed by atoms with Gasteiger partial charge in [0.25, 0.3) is 5.91 Å². The molecule has 0 aliphatic carbocycles. The molecule has 0 radical (unpaired) electrons. The van der Waals surface area contributed by atoms with Crippen LogP contribution in [0.25, 0.3) is 0 Å².